The minimum absolute atomic E-state index is 0.183. The fraction of sp³-hybridized carbons (Fsp3) is 0.429. The second-order valence-corrected chi connectivity index (χ2v) is 8.64. The van der Waals surface area contributed by atoms with Gasteiger partial charge in [-0.05, 0) is 40.0 Å². The van der Waals surface area contributed by atoms with Crippen molar-refractivity contribution in [2.75, 3.05) is 7.11 Å². The Kier molecular flexibility index (Phi) is 11.9. The van der Waals surface area contributed by atoms with Gasteiger partial charge < -0.3 is 10.1 Å². The van der Waals surface area contributed by atoms with E-state index < -0.39 is 27.4 Å². The van der Waals surface area contributed by atoms with Crippen LogP contribution in [0.5, 0.6) is 0 Å². The lowest BCUT2D eigenvalue weighted by molar-refractivity contribution is 0.302. The van der Waals surface area contributed by atoms with Crippen molar-refractivity contribution in [3.8, 4) is 0 Å². The molecule has 0 spiro atoms. The molecular formula is C21H31F2N3O2S. The molecule has 162 valence electrons. The first-order valence-electron chi connectivity index (χ1n) is 9.26. The van der Waals surface area contributed by atoms with Crippen molar-refractivity contribution in [1.29, 1.82) is 0 Å². The summed E-state index contributed by atoms with van der Waals surface area (Å²) >= 11 is 0. The summed E-state index contributed by atoms with van der Waals surface area (Å²) in [6.07, 6.45) is 5.27. The van der Waals surface area contributed by atoms with Crippen LogP contribution in [-0.2, 0) is 15.5 Å². The molecule has 0 amide bonds. The van der Waals surface area contributed by atoms with Gasteiger partial charge >= 0.3 is 0 Å². The summed E-state index contributed by atoms with van der Waals surface area (Å²) in [5, 5.41) is 2.91. The van der Waals surface area contributed by atoms with E-state index in [1.807, 2.05) is 41.5 Å². The maximum Gasteiger partial charge on any atom is 0.216 e. The van der Waals surface area contributed by atoms with Crippen LogP contribution in [0.2, 0.25) is 0 Å². The standard InChI is InChI=1S/C19H25F2N3O2S.C2H6/c1-7-8-15(26-6)16(27(25)19(2,3)4)12-23-14(11-22-5)13-9-17(20)24-18(21)10-13;1-2/h8-12,23H,5,7H2,1-4,6H3;1-2H3/b14-11-,15-8+,16-12+;. The van der Waals surface area contributed by atoms with Crippen LogP contribution in [0.4, 0.5) is 8.78 Å². The number of aliphatic imine (C=N–C) groups is 1. The lowest BCUT2D eigenvalue weighted by Gasteiger charge is -2.21. The van der Waals surface area contributed by atoms with Crippen LogP contribution >= 0.6 is 0 Å². The van der Waals surface area contributed by atoms with Crippen molar-refractivity contribution >= 4 is 23.2 Å². The van der Waals surface area contributed by atoms with Crippen molar-refractivity contribution < 1.29 is 17.7 Å². The van der Waals surface area contributed by atoms with Gasteiger partial charge in [0.15, 0.2) is 0 Å². The molecule has 0 fully saturated rings. The van der Waals surface area contributed by atoms with Gasteiger partial charge in [-0.25, -0.2) is 0 Å². The summed E-state index contributed by atoms with van der Waals surface area (Å²) in [5.74, 6) is -1.48. The Labute approximate surface area is 175 Å². The van der Waals surface area contributed by atoms with E-state index in [0.717, 1.165) is 12.1 Å². The highest BCUT2D eigenvalue weighted by Gasteiger charge is 2.26. The largest absolute Gasteiger partial charge is 0.496 e. The van der Waals surface area contributed by atoms with Gasteiger partial charge in [0.05, 0.1) is 34.7 Å². The highest BCUT2D eigenvalue weighted by molar-refractivity contribution is 7.90. The fourth-order valence-electron chi connectivity index (χ4n) is 2.07. The maximum absolute atomic E-state index is 13.4. The smallest absolute Gasteiger partial charge is 0.216 e. The number of rotatable bonds is 8. The highest BCUT2D eigenvalue weighted by Crippen LogP contribution is 2.25. The number of ether oxygens (including phenoxy) is 1. The van der Waals surface area contributed by atoms with Crippen LogP contribution in [-0.4, -0.2) is 27.8 Å². The molecule has 1 heterocycles. The van der Waals surface area contributed by atoms with Crippen LogP contribution in [0.15, 0.2) is 46.3 Å². The minimum Gasteiger partial charge on any atom is -0.496 e. The molecule has 1 rings (SSSR count). The minimum atomic E-state index is -1.42. The molecule has 1 N–H and O–H groups in total. The van der Waals surface area contributed by atoms with E-state index in [2.05, 4.69) is 22.0 Å². The molecule has 0 saturated heterocycles. The van der Waals surface area contributed by atoms with E-state index in [1.165, 1.54) is 19.5 Å². The molecule has 5 nitrogen and oxygen atoms in total. The Bertz CT molecular complexity index is 777. The number of allylic oxidation sites excluding steroid dienone is 1. The average molecular weight is 428 g/mol. The third-order valence-electron chi connectivity index (χ3n) is 3.26. The molecule has 29 heavy (non-hydrogen) atoms. The zero-order valence-corrected chi connectivity index (χ0v) is 19.0. The number of aromatic nitrogens is 1. The van der Waals surface area contributed by atoms with E-state index in [4.69, 9.17) is 4.74 Å². The number of pyridine rings is 1. The SMILES string of the molecule is C=N/C=C(\N/C=C(\C(=C/CC)OC)S(=O)C(C)(C)C)c1cc(F)nc(F)c1.CC. The van der Waals surface area contributed by atoms with E-state index in [0.29, 0.717) is 17.1 Å². The van der Waals surface area contributed by atoms with Crippen molar-refractivity contribution in [1.82, 2.24) is 10.3 Å². The van der Waals surface area contributed by atoms with Crippen molar-refractivity contribution in [2.24, 2.45) is 4.99 Å². The quantitative estimate of drug-likeness (QED) is 0.265. The third-order valence-corrected chi connectivity index (χ3v) is 5.09. The number of methoxy groups -OCH3 is 1. The topological polar surface area (TPSA) is 63.6 Å². The summed E-state index contributed by atoms with van der Waals surface area (Å²) in [6, 6.07) is 2.11. The van der Waals surface area contributed by atoms with Crippen molar-refractivity contribution in [3.05, 3.63) is 58.7 Å². The van der Waals surface area contributed by atoms with Gasteiger partial charge in [0.2, 0.25) is 11.9 Å². The second kappa shape index (κ2) is 13.0. The molecule has 0 aliphatic rings. The first-order chi connectivity index (χ1) is 13.6. The Morgan fingerprint density at radius 2 is 1.86 bits per heavy atom. The number of nitrogens with one attached hydrogen (secondary N) is 1. The highest BCUT2D eigenvalue weighted by atomic mass is 32.2. The molecule has 0 aliphatic heterocycles. The number of hydrogen-bond acceptors (Lipinski definition) is 5. The molecule has 1 aromatic heterocycles. The Balaban J connectivity index is 0.00000379. The van der Waals surface area contributed by atoms with Gasteiger partial charge in [0.25, 0.3) is 0 Å². The summed E-state index contributed by atoms with van der Waals surface area (Å²) < 4.78 is 44.7. The molecule has 1 atom stereocenters. The molecule has 1 unspecified atom stereocenters. The summed E-state index contributed by atoms with van der Waals surface area (Å²) in [4.78, 5) is 7.14. The van der Waals surface area contributed by atoms with Crippen molar-refractivity contribution in [3.63, 3.8) is 0 Å². The van der Waals surface area contributed by atoms with Gasteiger partial charge in [-0.2, -0.15) is 13.8 Å². The van der Waals surface area contributed by atoms with Crippen LogP contribution in [0, 0.1) is 11.9 Å². The van der Waals surface area contributed by atoms with Gasteiger partial charge in [-0.1, -0.05) is 20.8 Å². The first kappa shape index (κ1) is 26.6. The van der Waals surface area contributed by atoms with E-state index in [-0.39, 0.29) is 11.3 Å². The molecular weight excluding hydrogens is 396 g/mol. The van der Waals surface area contributed by atoms with E-state index >= 15 is 0 Å². The molecule has 0 radical (unpaired) electrons. The molecule has 0 bridgehead atoms. The zero-order chi connectivity index (χ0) is 22.6. The van der Waals surface area contributed by atoms with Crippen LogP contribution in [0.1, 0.15) is 53.5 Å². The molecule has 0 aromatic carbocycles. The van der Waals surface area contributed by atoms with Gasteiger partial charge in [-0.15, -0.1) is 0 Å². The number of nitrogens with zero attached hydrogens (tertiary/aromatic N) is 2. The zero-order valence-electron chi connectivity index (χ0n) is 18.2. The average Bonchev–Trinajstić information content (AvgIpc) is 2.66. The molecule has 0 aliphatic carbocycles. The third kappa shape index (κ3) is 8.68. The fourth-order valence-corrected chi connectivity index (χ4v) is 3.24. The van der Waals surface area contributed by atoms with Gasteiger partial charge in [-0.3, -0.25) is 9.20 Å². The maximum atomic E-state index is 13.4. The van der Waals surface area contributed by atoms with Crippen molar-refractivity contribution in [2.45, 2.75) is 52.7 Å². The lowest BCUT2D eigenvalue weighted by Crippen LogP contribution is -2.25. The predicted molar refractivity (Wildman–Crippen MR) is 118 cm³/mol. The van der Waals surface area contributed by atoms with E-state index in [9.17, 15) is 13.0 Å². The van der Waals surface area contributed by atoms with Crippen LogP contribution in [0.3, 0.4) is 0 Å². The first-order valence-corrected chi connectivity index (χ1v) is 10.4. The number of hydrogen-bond donors (Lipinski definition) is 1. The van der Waals surface area contributed by atoms with E-state index in [1.54, 1.807) is 6.08 Å². The number of halogens is 2. The molecule has 1 aromatic rings. The monoisotopic (exact) mass is 427 g/mol. The lowest BCUT2D eigenvalue weighted by atomic mass is 10.2. The molecule has 0 saturated carbocycles. The van der Waals surface area contributed by atoms with Gasteiger partial charge in [0, 0.05) is 28.6 Å². The Hall–Kier alpha value is -2.35. The summed E-state index contributed by atoms with van der Waals surface area (Å²) in [5.41, 5.74) is 0.448. The molecule has 8 heteroatoms. The Morgan fingerprint density at radius 3 is 2.28 bits per heavy atom. The van der Waals surface area contributed by atoms with Gasteiger partial charge in [0.1, 0.15) is 5.76 Å². The second-order valence-electron chi connectivity index (χ2n) is 6.44. The Morgan fingerprint density at radius 1 is 1.31 bits per heavy atom. The summed E-state index contributed by atoms with van der Waals surface area (Å²) in [6.45, 7) is 14.8. The predicted octanol–water partition coefficient (Wildman–Crippen LogP) is 5.30. The normalized spacial score (nSPS) is 13.9. The van der Waals surface area contributed by atoms with Crippen LogP contribution < -0.4 is 5.32 Å². The van der Waals surface area contributed by atoms with Crippen LogP contribution in [0.25, 0.3) is 5.70 Å². The summed E-state index contributed by atoms with van der Waals surface area (Å²) in [7, 11) is 0.0702.